The van der Waals surface area contributed by atoms with E-state index < -0.39 is 10.0 Å². The summed E-state index contributed by atoms with van der Waals surface area (Å²) < 4.78 is 27.8. The van der Waals surface area contributed by atoms with Gasteiger partial charge in [-0.3, -0.25) is 9.69 Å². The number of hydrogen-bond acceptors (Lipinski definition) is 6. The molecule has 0 spiro atoms. The maximum atomic E-state index is 12.8. The third kappa shape index (κ3) is 6.13. The zero-order chi connectivity index (χ0) is 22.4. The Balaban J connectivity index is 1.52. The van der Waals surface area contributed by atoms with Crippen LogP contribution in [-0.4, -0.2) is 67.1 Å². The van der Waals surface area contributed by atoms with Gasteiger partial charge < -0.3 is 5.11 Å². The van der Waals surface area contributed by atoms with Gasteiger partial charge in [-0.15, -0.1) is 0 Å². The SMILES string of the molecule is CCC(=NNC(=O)CN1CCN(S(=O)(=O)c2ccc(Br)cc2)CC1)c1ccc(O)cc1. The Kier molecular flexibility index (Phi) is 7.82. The normalized spacial score (nSPS) is 16.3. The van der Waals surface area contributed by atoms with E-state index in [1.807, 2.05) is 11.8 Å². The number of halogens is 1. The molecular weight excluding hydrogens is 484 g/mol. The van der Waals surface area contributed by atoms with Crippen molar-refractivity contribution in [1.29, 1.82) is 0 Å². The molecule has 0 radical (unpaired) electrons. The van der Waals surface area contributed by atoms with Gasteiger partial charge in [0.2, 0.25) is 10.0 Å². The topological polar surface area (TPSA) is 102 Å². The Bertz CT molecular complexity index is 1030. The number of nitrogens with one attached hydrogen (secondary N) is 1. The predicted molar refractivity (Wildman–Crippen MR) is 122 cm³/mol. The molecule has 0 unspecified atom stereocenters. The van der Waals surface area contributed by atoms with Gasteiger partial charge in [0.1, 0.15) is 5.75 Å². The van der Waals surface area contributed by atoms with Crippen LogP contribution in [0.4, 0.5) is 0 Å². The van der Waals surface area contributed by atoms with Gasteiger partial charge >= 0.3 is 0 Å². The van der Waals surface area contributed by atoms with Crippen LogP contribution in [0, 0.1) is 0 Å². The van der Waals surface area contributed by atoms with Crippen LogP contribution >= 0.6 is 15.9 Å². The van der Waals surface area contributed by atoms with Crippen molar-refractivity contribution in [3.63, 3.8) is 0 Å². The molecule has 0 saturated carbocycles. The summed E-state index contributed by atoms with van der Waals surface area (Å²) in [4.78, 5) is 14.5. The van der Waals surface area contributed by atoms with Crippen molar-refractivity contribution in [2.24, 2.45) is 5.10 Å². The van der Waals surface area contributed by atoms with Crippen LogP contribution in [-0.2, 0) is 14.8 Å². The van der Waals surface area contributed by atoms with Gasteiger partial charge in [-0.2, -0.15) is 9.41 Å². The molecule has 10 heteroatoms. The highest BCUT2D eigenvalue weighted by Crippen LogP contribution is 2.20. The summed E-state index contributed by atoms with van der Waals surface area (Å²) >= 11 is 3.31. The van der Waals surface area contributed by atoms with E-state index in [0.29, 0.717) is 38.3 Å². The van der Waals surface area contributed by atoms with E-state index in [-0.39, 0.29) is 23.1 Å². The molecule has 31 heavy (non-hydrogen) atoms. The first kappa shape index (κ1) is 23.4. The number of hydrogen-bond donors (Lipinski definition) is 2. The van der Waals surface area contributed by atoms with Crippen LogP contribution in [0.25, 0.3) is 0 Å². The molecule has 2 aromatic rings. The minimum atomic E-state index is -3.54. The Morgan fingerprint density at radius 2 is 1.68 bits per heavy atom. The molecule has 0 aliphatic carbocycles. The fourth-order valence-electron chi connectivity index (χ4n) is 3.25. The van der Waals surface area contributed by atoms with Gasteiger partial charge in [-0.25, -0.2) is 13.8 Å². The molecule has 166 valence electrons. The Labute approximate surface area is 190 Å². The highest BCUT2D eigenvalue weighted by Gasteiger charge is 2.29. The molecule has 2 aromatic carbocycles. The third-order valence-electron chi connectivity index (χ3n) is 5.00. The molecule has 1 aliphatic rings. The van der Waals surface area contributed by atoms with Crippen molar-refractivity contribution < 1.29 is 18.3 Å². The molecule has 1 saturated heterocycles. The fourth-order valence-corrected chi connectivity index (χ4v) is 4.94. The number of hydrazone groups is 1. The first-order valence-electron chi connectivity index (χ1n) is 9.92. The van der Waals surface area contributed by atoms with Gasteiger partial charge in [0.05, 0.1) is 17.2 Å². The molecule has 1 aliphatic heterocycles. The predicted octanol–water partition coefficient (Wildman–Crippen LogP) is 2.39. The largest absolute Gasteiger partial charge is 0.508 e. The zero-order valence-electron chi connectivity index (χ0n) is 17.2. The minimum Gasteiger partial charge on any atom is -0.508 e. The molecule has 1 fully saturated rings. The number of aromatic hydroxyl groups is 1. The van der Waals surface area contributed by atoms with Crippen LogP contribution in [0.2, 0.25) is 0 Å². The van der Waals surface area contributed by atoms with E-state index in [9.17, 15) is 18.3 Å². The van der Waals surface area contributed by atoms with Gasteiger partial charge in [-0.05, 0) is 60.5 Å². The number of phenolic OH excluding ortho intramolecular Hbond substituents is 1. The lowest BCUT2D eigenvalue weighted by molar-refractivity contribution is -0.122. The summed E-state index contributed by atoms with van der Waals surface area (Å²) in [5.74, 6) is -0.0847. The van der Waals surface area contributed by atoms with Gasteiger partial charge in [-0.1, -0.05) is 22.9 Å². The Morgan fingerprint density at radius 1 is 1.06 bits per heavy atom. The molecule has 1 amide bonds. The van der Waals surface area contributed by atoms with Crippen LogP contribution < -0.4 is 5.43 Å². The number of phenols is 1. The fraction of sp³-hybridized carbons (Fsp3) is 0.333. The van der Waals surface area contributed by atoms with Gasteiger partial charge in [0, 0.05) is 30.7 Å². The summed E-state index contributed by atoms with van der Waals surface area (Å²) in [6, 6.07) is 13.2. The highest BCUT2D eigenvalue weighted by atomic mass is 79.9. The second-order valence-electron chi connectivity index (χ2n) is 7.13. The monoisotopic (exact) mass is 508 g/mol. The molecule has 0 aromatic heterocycles. The maximum Gasteiger partial charge on any atom is 0.254 e. The van der Waals surface area contributed by atoms with Gasteiger partial charge in [0.25, 0.3) is 5.91 Å². The first-order valence-corrected chi connectivity index (χ1v) is 12.2. The van der Waals surface area contributed by atoms with Crippen LogP contribution in [0.5, 0.6) is 5.75 Å². The summed E-state index contributed by atoms with van der Waals surface area (Å²) in [6.45, 7) is 3.65. The number of sulfonamides is 1. The van der Waals surface area contributed by atoms with E-state index in [1.165, 1.54) is 4.31 Å². The Morgan fingerprint density at radius 3 is 2.26 bits per heavy atom. The lowest BCUT2D eigenvalue weighted by Crippen LogP contribution is -2.50. The lowest BCUT2D eigenvalue weighted by Gasteiger charge is -2.33. The lowest BCUT2D eigenvalue weighted by atomic mass is 10.1. The van der Waals surface area contributed by atoms with Crippen LogP contribution in [0.3, 0.4) is 0 Å². The van der Waals surface area contributed by atoms with Crippen LogP contribution in [0.1, 0.15) is 18.9 Å². The van der Waals surface area contributed by atoms with E-state index in [0.717, 1.165) is 10.0 Å². The summed E-state index contributed by atoms with van der Waals surface area (Å²) in [6.07, 6.45) is 0.623. The number of amides is 1. The van der Waals surface area contributed by atoms with Crippen LogP contribution in [0.15, 0.2) is 63.0 Å². The number of nitrogens with zero attached hydrogens (tertiary/aromatic N) is 3. The number of rotatable bonds is 7. The number of carbonyl (C=O) groups excluding carboxylic acids is 1. The smallest absolute Gasteiger partial charge is 0.254 e. The third-order valence-corrected chi connectivity index (χ3v) is 7.44. The van der Waals surface area contributed by atoms with Crippen molar-refractivity contribution in [2.45, 2.75) is 18.2 Å². The quantitative estimate of drug-likeness (QED) is 0.441. The summed E-state index contributed by atoms with van der Waals surface area (Å²) in [7, 11) is -3.54. The molecule has 1 heterocycles. The maximum absolute atomic E-state index is 12.8. The number of carbonyl (C=O) groups is 1. The molecule has 8 nitrogen and oxygen atoms in total. The van der Waals surface area contributed by atoms with Crippen molar-refractivity contribution in [2.75, 3.05) is 32.7 Å². The average molecular weight is 509 g/mol. The zero-order valence-corrected chi connectivity index (χ0v) is 19.6. The number of piperazine rings is 1. The van der Waals surface area contributed by atoms with Crippen molar-refractivity contribution >= 4 is 37.6 Å². The summed E-state index contributed by atoms with van der Waals surface area (Å²) in [5, 5.41) is 13.6. The van der Waals surface area contributed by atoms with E-state index in [1.54, 1.807) is 48.5 Å². The second-order valence-corrected chi connectivity index (χ2v) is 9.98. The molecule has 0 atom stereocenters. The van der Waals surface area contributed by atoms with E-state index in [2.05, 4.69) is 26.5 Å². The van der Waals surface area contributed by atoms with Gasteiger partial charge in [0.15, 0.2) is 0 Å². The van der Waals surface area contributed by atoms with E-state index >= 15 is 0 Å². The highest BCUT2D eigenvalue weighted by molar-refractivity contribution is 9.10. The first-order chi connectivity index (χ1) is 14.8. The van der Waals surface area contributed by atoms with Crippen molar-refractivity contribution in [3.8, 4) is 5.75 Å². The van der Waals surface area contributed by atoms with Crippen molar-refractivity contribution in [3.05, 3.63) is 58.6 Å². The standard InChI is InChI=1S/C21H25BrN4O4S/c1-2-20(16-3-7-18(27)8-4-16)23-24-21(28)15-25-11-13-26(14-12-25)31(29,30)19-9-5-17(22)6-10-19/h3-10,27H,2,11-15H2,1H3,(H,24,28). The molecular formula is C21H25BrN4O4S. The summed E-state index contributed by atoms with van der Waals surface area (Å²) in [5.41, 5.74) is 4.11. The Hall–Kier alpha value is -2.27. The average Bonchev–Trinajstić information content (AvgIpc) is 2.76. The van der Waals surface area contributed by atoms with E-state index in [4.69, 9.17) is 0 Å². The molecule has 3 rings (SSSR count). The molecule has 2 N–H and O–H groups in total. The minimum absolute atomic E-state index is 0.141. The van der Waals surface area contributed by atoms with Crippen molar-refractivity contribution in [1.82, 2.24) is 14.6 Å². The molecule has 0 bridgehead atoms. The second kappa shape index (κ2) is 10.4. The number of benzene rings is 2.